The van der Waals surface area contributed by atoms with E-state index in [-0.39, 0.29) is 6.10 Å². The van der Waals surface area contributed by atoms with Crippen molar-refractivity contribution in [1.29, 1.82) is 0 Å². The molecule has 30 heavy (non-hydrogen) atoms. The van der Waals surface area contributed by atoms with Gasteiger partial charge in [0, 0.05) is 32.2 Å². The lowest BCUT2D eigenvalue weighted by Gasteiger charge is -2.30. The Morgan fingerprint density at radius 1 is 1.03 bits per heavy atom. The third-order valence-corrected chi connectivity index (χ3v) is 6.31. The van der Waals surface area contributed by atoms with Crippen LogP contribution >= 0.6 is 0 Å². The SMILES string of the molecule is OC1CCC(NCc2cccc(OCC(O)CN3CCc4ccccc4C3)c2)CC1. The monoisotopic (exact) mass is 410 g/mol. The van der Waals surface area contributed by atoms with Gasteiger partial charge in [-0.05, 0) is 60.9 Å². The summed E-state index contributed by atoms with van der Waals surface area (Å²) in [4.78, 5) is 2.30. The van der Waals surface area contributed by atoms with Crippen molar-refractivity contribution in [3.8, 4) is 5.75 Å². The number of ether oxygens (including phenoxy) is 1. The number of aliphatic hydroxyl groups is 2. The Labute approximate surface area is 179 Å². The molecule has 2 aromatic rings. The first kappa shape index (κ1) is 21.3. The number of nitrogens with zero attached hydrogens (tertiary/aromatic N) is 1. The van der Waals surface area contributed by atoms with E-state index in [1.807, 2.05) is 12.1 Å². The van der Waals surface area contributed by atoms with Crippen LogP contribution in [0.3, 0.4) is 0 Å². The molecule has 1 atom stereocenters. The molecule has 0 radical (unpaired) electrons. The van der Waals surface area contributed by atoms with Gasteiger partial charge >= 0.3 is 0 Å². The number of nitrogens with one attached hydrogen (secondary N) is 1. The molecule has 0 saturated heterocycles. The van der Waals surface area contributed by atoms with Crippen molar-refractivity contribution in [3.05, 3.63) is 65.2 Å². The minimum Gasteiger partial charge on any atom is -0.491 e. The number of hydrogen-bond donors (Lipinski definition) is 3. The van der Waals surface area contributed by atoms with Gasteiger partial charge in [0.1, 0.15) is 18.5 Å². The van der Waals surface area contributed by atoms with Crippen molar-refractivity contribution >= 4 is 0 Å². The normalized spacial score (nSPS) is 23.0. The number of benzene rings is 2. The van der Waals surface area contributed by atoms with E-state index in [4.69, 9.17) is 4.74 Å². The van der Waals surface area contributed by atoms with Crippen LogP contribution in [-0.2, 0) is 19.5 Å². The highest BCUT2D eigenvalue weighted by molar-refractivity contribution is 5.29. The van der Waals surface area contributed by atoms with Gasteiger partial charge in [-0.15, -0.1) is 0 Å². The second-order valence-corrected chi connectivity index (χ2v) is 8.75. The van der Waals surface area contributed by atoms with E-state index in [1.165, 1.54) is 16.7 Å². The largest absolute Gasteiger partial charge is 0.491 e. The topological polar surface area (TPSA) is 65.0 Å². The maximum atomic E-state index is 10.5. The summed E-state index contributed by atoms with van der Waals surface area (Å²) < 4.78 is 5.89. The summed E-state index contributed by atoms with van der Waals surface area (Å²) >= 11 is 0. The van der Waals surface area contributed by atoms with Crippen LogP contribution in [0.15, 0.2) is 48.5 Å². The van der Waals surface area contributed by atoms with Crippen LogP contribution < -0.4 is 10.1 Å². The summed E-state index contributed by atoms with van der Waals surface area (Å²) in [6, 6.07) is 17.1. The van der Waals surface area contributed by atoms with E-state index in [2.05, 4.69) is 46.6 Å². The molecule has 2 aromatic carbocycles. The Kier molecular flexibility index (Phi) is 7.39. The fourth-order valence-corrected chi connectivity index (χ4v) is 4.54. The Morgan fingerprint density at radius 3 is 2.67 bits per heavy atom. The summed E-state index contributed by atoms with van der Waals surface area (Å²) in [7, 11) is 0. The summed E-state index contributed by atoms with van der Waals surface area (Å²) in [6.45, 7) is 3.60. The molecule has 1 heterocycles. The molecule has 2 aliphatic rings. The van der Waals surface area contributed by atoms with Crippen LogP contribution in [0.1, 0.15) is 42.4 Å². The third kappa shape index (κ3) is 6.05. The maximum absolute atomic E-state index is 10.5. The molecule has 5 heteroatoms. The lowest BCUT2D eigenvalue weighted by atomic mass is 9.93. The van der Waals surface area contributed by atoms with Gasteiger partial charge in [-0.1, -0.05) is 36.4 Å². The van der Waals surface area contributed by atoms with E-state index >= 15 is 0 Å². The average Bonchev–Trinajstić information content (AvgIpc) is 2.77. The van der Waals surface area contributed by atoms with Crippen LogP contribution in [0.4, 0.5) is 0 Å². The fourth-order valence-electron chi connectivity index (χ4n) is 4.54. The molecule has 0 amide bonds. The molecule has 0 aromatic heterocycles. The van der Waals surface area contributed by atoms with Crippen LogP contribution in [0.2, 0.25) is 0 Å². The smallest absolute Gasteiger partial charge is 0.119 e. The molecule has 5 nitrogen and oxygen atoms in total. The second kappa shape index (κ2) is 10.4. The third-order valence-electron chi connectivity index (χ3n) is 6.31. The van der Waals surface area contributed by atoms with Gasteiger partial charge in [-0.3, -0.25) is 4.90 Å². The van der Waals surface area contributed by atoms with Gasteiger partial charge < -0.3 is 20.3 Å². The number of rotatable bonds is 8. The highest BCUT2D eigenvalue weighted by atomic mass is 16.5. The zero-order valence-corrected chi connectivity index (χ0v) is 17.7. The molecular weight excluding hydrogens is 376 g/mol. The first-order valence-corrected chi connectivity index (χ1v) is 11.3. The van der Waals surface area contributed by atoms with Gasteiger partial charge in [0.05, 0.1) is 6.10 Å². The first-order chi connectivity index (χ1) is 14.7. The number of aliphatic hydroxyl groups excluding tert-OH is 2. The zero-order chi connectivity index (χ0) is 20.8. The van der Waals surface area contributed by atoms with Crippen LogP contribution in [0.25, 0.3) is 0 Å². The predicted molar refractivity (Wildman–Crippen MR) is 118 cm³/mol. The lowest BCUT2D eigenvalue weighted by Crippen LogP contribution is -2.38. The molecule has 1 aliphatic carbocycles. The van der Waals surface area contributed by atoms with Crippen molar-refractivity contribution in [2.24, 2.45) is 0 Å². The zero-order valence-electron chi connectivity index (χ0n) is 17.7. The van der Waals surface area contributed by atoms with Crippen LogP contribution in [0.5, 0.6) is 5.75 Å². The second-order valence-electron chi connectivity index (χ2n) is 8.75. The standard InChI is InChI=1S/C25H34N2O3/c28-23-10-8-22(9-11-23)26-15-19-4-3-7-25(14-19)30-18-24(29)17-27-13-12-20-5-1-2-6-21(20)16-27/h1-7,14,22-24,26,28-29H,8-13,15-18H2. The highest BCUT2D eigenvalue weighted by Crippen LogP contribution is 2.21. The number of fused-ring (bicyclic) bond motifs is 1. The van der Waals surface area contributed by atoms with E-state index in [0.29, 0.717) is 19.2 Å². The summed E-state index contributed by atoms with van der Waals surface area (Å²) in [6.07, 6.45) is 4.26. The van der Waals surface area contributed by atoms with E-state index in [9.17, 15) is 10.2 Å². The Balaban J connectivity index is 1.20. The first-order valence-electron chi connectivity index (χ1n) is 11.3. The molecule has 0 spiro atoms. The average molecular weight is 411 g/mol. The lowest BCUT2D eigenvalue weighted by molar-refractivity contribution is 0.0637. The quantitative estimate of drug-likeness (QED) is 0.625. The summed E-state index contributed by atoms with van der Waals surface area (Å²) in [5.74, 6) is 0.802. The summed E-state index contributed by atoms with van der Waals surface area (Å²) in [5, 5.41) is 23.7. The Hall–Kier alpha value is -1.92. The molecule has 3 N–H and O–H groups in total. The molecule has 4 rings (SSSR count). The summed E-state index contributed by atoms with van der Waals surface area (Å²) in [5.41, 5.74) is 3.97. The van der Waals surface area contributed by atoms with Gasteiger partial charge in [-0.25, -0.2) is 0 Å². The molecule has 162 valence electrons. The molecule has 1 fully saturated rings. The molecule has 1 aliphatic heterocycles. The van der Waals surface area contributed by atoms with Crippen molar-refractivity contribution in [2.45, 2.75) is 63.4 Å². The number of β-amino-alcohol motifs (C(OH)–C–C–N with tert-alkyl or cyclic N) is 1. The predicted octanol–water partition coefficient (Wildman–Crippen LogP) is 2.88. The van der Waals surface area contributed by atoms with E-state index < -0.39 is 6.10 Å². The van der Waals surface area contributed by atoms with Crippen molar-refractivity contribution < 1.29 is 14.9 Å². The minimum absolute atomic E-state index is 0.120. The van der Waals surface area contributed by atoms with Gasteiger partial charge in [0.25, 0.3) is 0 Å². The Morgan fingerprint density at radius 2 is 1.83 bits per heavy atom. The van der Waals surface area contributed by atoms with Gasteiger partial charge in [0.15, 0.2) is 0 Å². The molecule has 1 saturated carbocycles. The Bertz CT molecular complexity index is 804. The minimum atomic E-state index is -0.509. The van der Waals surface area contributed by atoms with E-state index in [1.54, 1.807) is 0 Å². The van der Waals surface area contributed by atoms with Gasteiger partial charge in [0.2, 0.25) is 0 Å². The molecule has 0 bridgehead atoms. The van der Waals surface area contributed by atoms with Crippen molar-refractivity contribution in [2.75, 3.05) is 19.7 Å². The van der Waals surface area contributed by atoms with Crippen molar-refractivity contribution in [3.63, 3.8) is 0 Å². The molecule has 1 unspecified atom stereocenters. The van der Waals surface area contributed by atoms with E-state index in [0.717, 1.165) is 57.5 Å². The number of hydrogen-bond acceptors (Lipinski definition) is 5. The van der Waals surface area contributed by atoms with Crippen LogP contribution in [-0.4, -0.2) is 53.1 Å². The maximum Gasteiger partial charge on any atom is 0.119 e. The molecular formula is C25H34N2O3. The van der Waals surface area contributed by atoms with Crippen molar-refractivity contribution in [1.82, 2.24) is 10.2 Å². The highest BCUT2D eigenvalue weighted by Gasteiger charge is 2.20. The van der Waals surface area contributed by atoms with Crippen LogP contribution in [0, 0.1) is 0 Å². The fraction of sp³-hybridized carbons (Fsp3) is 0.520. The van der Waals surface area contributed by atoms with Gasteiger partial charge in [-0.2, -0.15) is 0 Å².